The van der Waals surface area contributed by atoms with Crippen LogP contribution in [0.1, 0.15) is 0 Å². The molecule has 0 aromatic heterocycles. The lowest BCUT2D eigenvalue weighted by Gasteiger charge is -2.06. The topological polar surface area (TPSA) is 61.3 Å². The Morgan fingerprint density at radius 1 is 1.33 bits per heavy atom. The van der Waals surface area contributed by atoms with Gasteiger partial charge in [0, 0.05) is 27.9 Å². The van der Waals surface area contributed by atoms with Gasteiger partial charge in [-0.3, -0.25) is 0 Å². The Balaban J connectivity index is 2.31. The number of hydrogen-bond acceptors (Lipinski definition) is 4. The van der Waals surface area contributed by atoms with Gasteiger partial charge in [-0.25, -0.2) is 0 Å². The first-order chi connectivity index (χ1) is 7.24. The minimum atomic E-state index is 0.563. The number of anilines is 1. The fraction of sp³-hybridized carbons (Fsp3) is 0.400. The van der Waals surface area contributed by atoms with Crippen LogP contribution in [0, 0.1) is 0 Å². The summed E-state index contributed by atoms with van der Waals surface area (Å²) in [5, 5.41) is 0.663. The van der Waals surface area contributed by atoms with E-state index in [1.54, 1.807) is 17.8 Å². The highest BCUT2D eigenvalue weighted by Gasteiger charge is 2.00. The van der Waals surface area contributed by atoms with E-state index in [4.69, 9.17) is 27.8 Å². The first-order valence-corrected chi connectivity index (χ1v) is 6.06. The molecule has 15 heavy (non-hydrogen) atoms. The van der Waals surface area contributed by atoms with E-state index in [9.17, 15) is 0 Å². The molecule has 0 spiro atoms. The minimum Gasteiger partial charge on any atom is -0.398 e. The molecule has 0 atom stereocenters. The quantitative estimate of drug-likeness (QED) is 0.458. The van der Waals surface area contributed by atoms with E-state index in [0.717, 1.165) is 10.6 Å². The molecular formula is C10H15ClN2OS. The van der Waals surface area contributed by atoms with Crippen molar-refractivity contribution >= 4 is 29.1 Å². The molecule has 1 aromatic rings. The molecule has 0 fully saturated rings. The smallest absolute Gasteiger partial charge is 0.0589 e. The Morgan fingerprint density at radius 3 is 2.80 bits per heavy atom. The lowest BCUT2D eigenvalue weighted by atomic mass is 10.3. The standard InChI is InChI=1S/C10H15ClN2OS/c11-8-1-2-10(9(13)7-8)15-6-5-14-4-3-12/h1-2,7H,3-6,12-13H2. The maximum absolute atomic E-state index is 5.80. The monoisotopic (exact) mass is 246 g/mol. The van der Waals surface area contributed by atoms with Crippen LogP contribution in [0.4, 0.5) is 5.69 Å². The Morgan fingerprint density at radius 2 is 2.13 bits per heavy atom. The van der Waals surface area contributed by atoms with Gasteiger partial charge in [0.1, 0.15) is 0 Å². The summed E-state index contributed by atoms with van der Waals surface area (Å²) >= 11 is 7.45. The molecule has 1 aromatic carbocycles. The first-order valence-electron chi connectivity index (χ1n) is 4.69. The van der Waals surface area contributed by atoms with Crippen molar-refractivity contribution in [3.8, 4) is 0 Å². The zero-order valence-corrected chi connectivity index (χ0v) is 9.98. The Labute approximate surface area is 99.1 Å². The van der Waals surface area contributed by atoms with E-state index in [-0.39, 0.29) is 0 Å². The van der Waals surface area contributed by atoms with Crippen LogP contribution in [0.25, 0.3) is 0 Å². The van der Waals surface area contributed by atoms with Gasteiger partial charge in [0.15, 0.2) is 0 Å². The Kier molecular flexibility index (Phi) is 5.86. The van der Waals surface area contributed by atoms with Gasteiger partial charge in [-0.1, -0.05) is 11.6 Å². The van der Waals surface area contributed by atoms with Gasteiger partial charge < -0.3 is 16.2 Å². The van der Waals surface area contributed by atoms with Gasteiger partial charge in [0.2, 0.25) is 0 Å². The number of nitrogen functional groups attached to an aromatic ring is 1. The van der Waals surface area contributed by atoms with Gasteiger partial charge in [-0.05, 0) is 18.2 Å². The molecule has 0 heterocycles. The normalized spacial score (nSPS) is 10.5. The zero-order valence-electron chi connectivity index (χ0n) is 8.41. The highest BCUT2D eigenvalue weighted by molar-refractivity contribution is 7.99. The molecule has 5 heteroatoms. The van der Waals surface area contributed by atoms with Crippen molar-refractivity contribution in [2.75, 3.05) is 31.2 Å². The molecule has 0 radical (unpaired) electrons. The molecule has 1 rings (SSSR count). The van der Waals surface area contributed by atoms with Crippen molar-refractivity contribution in [2.45, 2.75) is 4.90 Å². The van der Waals surface area contributed by atoms with E-state index in [1.807, 2.05) is 12.1 Å². The summed E-state index contributed by atoms with van der Waals surface area (Å²) in [6.07, 6.45) is 0. The van der Waals surface area contributed by atoms with Crippen LogP contribution in [-0.4, -0.2) is 25.5 Å². The average molecular weight is 247 g/mol. The Hall–Kier alpha value is -0.420. The van der Waals surface area contributed by atoms with E-state index in [0.29, 0.717) is 30.5 Å². The fourth-order valence-corrected chi connectivity index (χ4v) is 2.04. The summed E-state index contributed by atoms with van der Waals surface area (Å²) in [4.78, 5) is 1.04. The lowest BCUT2D eigenvalue weighted by Crippen LogP contribution is -2.09. The number of nitrogens with two attached hydrogens (primary N) is 2. The summed E-state index contributed by atoms with van der Waals surface area (Å²) < 4.78 is 5.26. The van der Waals surface area contributed by atoms with Gasteiger partial charge in [-0.2, -0.15) is 0 Å². The number of rotatable bonds is 6. The average Bonchev–Trinajstić information content (AvgIpc) is 2.20. The molecule has 0 saturated carbocycles. The number of benzene rings is 1. The van der Waals surface area contributed by atoms with E-state index < -0.39 is 0 Å². The van der Waals surface area contributed by atoms with Gasteiger partial charge in [0.05, 0.1) is 13.2 Å². The highest BCUT2D eigenvalue weighted by Crippen LogP contribution is 2.27. The molecule has 3 nitrogen and oxygen atoms in total. The summed E-state index contributed by atoms with van der Waals surface area (Å²) in [6, 6.07) is 5.51. The number of halogens is 1. The number of thioether (sulfide) groups is 1. The van der Waals surface area contributed by atoms with Crippen molar-refractivity contribution in [1.82, 2.24) is 0 Å². The van der Waals surface area contributed by atoms with Crippen LogP contribution in [0.5, 0.6) is 0 Å². The Bertz CT molecular complexity index is 309. The number of hydrogen-bond donors (Lipinski definition) is 2. The van der Waals surface area contributed by atoms with Crippen LogP contribution < -0.4 is 11.5 Å². The third-order valence-electron chi connectivity index (χ3n) is 1.72. The van der Waals surface area contributed by atoms with Crippen LogP contribution in [0.15, 0.2) is 23.1 Å². The molecule has 0 aliphatic carbocycles. The largest absolute Gasteiger partial charge is 0.398 e. The summed E-state index contributed by atoms with van der Waals surface area (Å²) in [5.74, 6) is 0.867. The second-order valence-electron chi connectivity index (χ2n) is 2.93. The third kappa shape index (κ3) is 4.75. The molecule has 0 aliphatic heterocycles. The molecule has 0 bridgehead atoms. The second-order valence-corrected chi connectivity index (χ2v) is 4.50. The van der Waals surface area contributed by atoms with Crippen LogP contribution in [0.3, 0.4) is 0 Å². The zero-order chi connectivity index (χ0) is 11.1. The van der Waals surface area contributed by atoms with Crippen molar-refractivity contribution in [2.24, 2.45) is 5.73 Å². The molecule has 0 amide bonds. The van der Waals surface area contributed by atoms with Gasteiger partial charge >= 0.3 is 0 Å². The van der Waals surface area contributed by atoms with E-state index in [1.165, 1.54) is 0 Å². The minimum absolute atomic E-state index is 0.563. The van der Waals surface area contributed by atoms with E-state index in [2.05, 4.69) is 0 Å². The second kappa shape index (κ2) is 6.95. The molecule has 0 unspecified atom stereocenters. The molecule has 84 valence electrons. The van der Waals surface area contributed by atoms with Crippen molar-refractivity contribution in [1.29, 1.82) is 0 Å². The van der Waals surface area contributed by atoms with Crippen molar-refractivity contribution in [3.05, 3.63) is 23.2 Å². The highest BCUT2D eigenvalue weighted by atomic mass is 35.5. The third-order valence-corrected chi connectivity index (χ3v) is 3.01. The SMILES string of the molecule is NCCOCCSc1ccc(Cl)cc1N. The maximum Gasteiger partial charge on any atom is 0.0589 e. The van der Waals surface area contributed by atoms with Crippen LogP contribution in [-0.2, 0) is 4.74 Å². The van der Waals surface area contributed by atoms with Crippen LogP contribution in [0.2, 0.25) is 5.02 Å². The first kappa shape index (κ1) is 12.6. The van der Waals surface area contributed by atoms with Crippen molar-refractivity contribution in [3.63, 3.8) is 0 Å². The molecular weight excluding hydrogens is 232 g/mol. The predicted molar refractivity (Wildman–Crippen MR) is 66.5 cm³/mol. The van der Waals surface area contributed by atoms with Gasteiger partial charge in [-0.15, -0.1) is 11.8 Å². The molecule has 0 saturated heterocycles. The lowest BCUT2D eigenvalue weighted by molar-refractivity contribution is 0.158. The fourth-order valence-electron chi connectivity index (χ4n) is 1.05. The summed E-state index contributed by atoms with van der Waals surface area (Å²) in [7, 11) is 0. The molecule has 0 aliphatic rings. The van der Waals surface area contributed by atoms with E-state index >= 15 is 0 Å². The summed E-state index contributed by atoms with van der Waals surface area (Å²) in [5.41, 5.74) is 11.8. The number of ether oxygens (including phenoxy) is 1. The summed E-state index contributed by atoms with van der Waals surface area (Å²) in [6.45, 7) is 1.86. The molecule has 4 N–H and O–H groups in total. The van der Waals surface area contributed by atoms with Crippen molar-refractivity contribution < 1.29 is 4.74 Å². The van der Waals surface area contributed by atoms with Gasteiger partial charge in [0.25, 0.3) is 0 Å². The maximum atomic E-state index is 5.80. The van der Waals surface area contributed by atoms with Crippen LogP contribution >= 0.6 is 23.4 Å². The predicted octanol–water partition coefficient (Wildman–Crippen LogP) is 1.99.